The van der Waals surface area contributed by atoms with Gasteiger partial charge in [0.05, 0.1) is 21.3 Å². The number of amides is 2. The van der Waals surface area contributed by atoms with Gasteiger partial charge in [0, 0.05) is 5.69 Å². The van der Waals surface area contributed by atoms with Gasteiger partial charge in [0.25, 0.3) is 11.8 Å². The van der Waals surface area contributed by atoms with Gasteiger partial charge in [-0.05, 0) is 29.8 Å². The quantitative estimate of drug-likeness (QED) is 0.588. The topological polar surface area (TPSA) is 49.4 Å². The summed E-state index contributed by atoms with van der Waals surface area (Å²) in [6.07, 6.45) is 0. The fraction of sp³-hybridized carbons (Fsp3) is 0. The highest BCUT2D eigenvalue weighted by atomic mass is 35.5. The molecular weight excluding hydrogens is 395 g/mol. The van der Waals surface area contributed by atoms with Crippen molar-refractivity contribution in [1.82, 2.24) is 0 Å². The van der Waals surface area contributed by atoms with Crippen molar-refractivity contribution in [3.63, 3.8) is 0 Å². The van der Waals surface area contributed by atoms with Crippen molar-refractivity contribution in [2.24, 2.45) is 0 Å². The second-order valence-electron chi connectivity index (χ2n) is 6.13. The van der Waals surface area contributed by atoms with E-state index < -0.39 is 11.8 Å². The lowest BCUT2D eigenvalue weighted by Crippen LogP contribution is -2.32. The van der Waals surface area contributed by atoms with Crippen LogP contribution in [0.2, 0.25) is 10.0 Å². The van der Waals surface area contributed by atoms with Crippen molar-refractivity contribution in [3.8, 4) is 0 Å². The molecule has 1 aliphatic rings. The number of imide groups is 1. The lowest BCUT2D eigenvalue weighted by Gasteiger charge is -2.17. The van der Waals surface area contributed by atoms with E-state index in [1.807, 2.05) is 48.5 Å². The molecule has 0 spiro atoms. The third-order valence-corrected chi connectivity index (χ3v) is 5.17. The van der Waals surface area contributed by atoms with Crippen LogP contribution in [0.1, 0.15) is 5.56 Å². The van der Waals surface area contributed by atoms with Crippen molar-refractivity contribution < 1.29 is 9.59 Å². The number of anilines is 2. The Labute approximate surface area is 172 Å². The molecule has 138 valence electrons. The molecule has 0 radical (unpaired) electrons. The van der Waals surface area contributed by atoms with E-state index in [-0.39, 0.29) is 27.0 Å². The number of benzene rings is 3. The number of nitrogens with one attached hydrogen (secondary N) is 1. The first-order valence-electron chi connectivity index (χ1n) is 8.52. The monoisotopic (exact) mass is 408 g/mol. The van der Waals surface area contributed by atoms with Crippen LogP contribution in [-0.4, -0.2) is 11.8 Å². The first-order chi connectivity index (χ1) is 13.6. The minimum Gasteiger partial charge on any atom is -0.350 e. The van der Waals surface area contributed by atoms with Gasteiger partial charge in [-0.3, -0.25) is 9.59 Å². The third-order valence-electron chi connectivity index (χ3n) is 4.36. The molecule has 0 aliphatic carbocycles. The molecule has 0 fully saturated rings. The van der Waals surface area contributed by atoms with E-state index in [0.29, 0.717) is 11.3 Å². The zero-order valence-corrected chi connectivity index (χ0v) is 16.0. The van der Waals surface area contributed by atoms with Crippen molar-refractivity contribution in [1.29, 1.82) is 0 Å². The summed E-state index contributed by atoms with van der Waals surface area (Å²) in [6.45, 7) is 0. The van der Waals surface area contributed by atoms with Gasteiger partial charge < -0.3 is 5.32 Å². The maximum atomic E-state index is 13.3. The number of halogens is 2. The summed E-state index contributed by atoms with van der Waals surface area (Å²) in [5.74, 6) is -0.948. The Morgan fingerprint density at radius 1 is 0.714 bits per heavy atom. The number of carbonyl (C=O) groups excluding carboxylic acids is 2. The molecule has 28 heavy (non-hydrogen) atoms. The van der Waals surface area contributed by atoms with Gasteiger partial charge in [0.1, 0.15) is 5.70 Å². The Bertz CT molecular complexity index is 1100. The lowest BCUT2D eigenvalue weighted by molar-refractivity contribution is -0.120. The fourth-order valence-electron chi connectivity index (χ4n) is 3.07. The van der Waals surface area contributed by atoms with E-state index in [1.165, 1.54) is 0 Å². The maximum absolute atomic E-state index is 13.3. The Hall–Kier alpha value is -3.08. The van der Waals surface area contributed by atoms with Crippen LogP contribution in [0.3, 0.4) is 0 Å². The van der Waals surface area contributed by atoms with Gasteiger partial charge >= 0.3 is 0 Å². The van der Waals surface area contributed by atoms with Crippen LogP contribution in [0.15, 0.2) is 84.6 Å². The summed E-state index contributed by atoms with van der Waals surface area (Å²) < 4.78 is 0. The average Bonchev–Trinajstić information content (AvgIpc) is 2.95. The fourth-order valence-corrected chi connectivity index (χ4v) is 3.45. The first kappa shape index (κ1) is 18.3. The van der Waals surface area contributed by atoms with Crippen LogP contribution < -0.4 is 10.2 Å². The van der Waals surface area contributed by atoms with Crippen LogP contribution in [0.4, 0.5) is 11.4 Å². The number of rotatable bonds is 4. The molecule has 4 nitrogen and oxygen atoms in total. The second kappa shape index (κ2) is 7.50. The number of hydrogen-bond acceptors (Lipinski definition) is 3. The average molecular weight is 409 g/mol. The third kappa shape index (κ3) is 3.17. The molecule has 0 atom stereocenters. The van der Waals surface area contributed by atoms with E-state index in [4.69, 9.17) is 23.2 Å². The molecule has 0 aromatic heterocycles. The van der Waals surface area contributed by atoms with Gasteiger partial charge in [-0.1, -0.05) is 77.8 Å². The zero-order valence-electron chi connectivity index (χ0n) is 14.5. The molecule has 6 heteroatoms. The molecule has 1 aliphatic heterocycles. The number of hydrogen-bond donors (Lipinski definition) is 1. The zero-order chi connectivity index (χ0) is 19.7. The normalized spacial score (nSPS) is 14.0. The summed E-state index contributed by atoms with van der Waals surface area (Å²) >= 11 is 12.4. The highest BCUT2D eigenvalue weighted by molar-refractivity contribution is 6.50. The highest BCUT2D eigenvalue weighted by Crippen LogP contribution is 2.39. The standard InChI is InChI=1S/C22H14Cl2N2O2/c23-16-12-7-13-17(19(16)24)26-21(27)18(14-8-3-1-4-9-14)20(22(26)28)25-15-10-5-2-6-11-15/h1-13,25H. The molecular formula is C22H14Cl2N2O2. The van der Waals surface area contributed by atoms with Crippen molar-refractivity contribution in [2.75, 3.05) is 10.2 Å². The van der Waals surface area contributed by atoms with E-state index in [2.05, 4.69) is 5.32 Å². The predicted molar refractivity (Wildman–Crippen MR) is 112 cm³/mol. The van der Waals surface area contributed by atoms with Crippen LogP contribution in [-0.2, 0) is 9.59 Å². The van der Waals surface area contributed by atoms with Crippen LogP contribution in [0.5, 0.6) is 0 Å². The molecule has 0 saturated heterocycles. The Balaban J connectivity index is 1.85. The van der Waals surface area contributed by atoms with Gasteiger partial charge in [-0.25, -0.2) is 4.90 Å². The number of nitrogens with zero attached hydrogens (tertiary/aromatic N) is 1. The second-order valence-corrected chi connectivity index (χ2v) is 6.91. The Morgan fingerprint density at radius 3 is 2.04 bits per heavy atom. The molecule has 3 aromatic rings. The van der Waals surface area contributed by atoms with Gasteiger partial charge in [-0.2, -0.15) is 0 Å². The molecule has 3 aromatic carbocycles. The molecule has 4 rings (SSSR count). The largest absolute Gasteiger partial charge is 0.350 e. The summed E-state index contributed by atoms with van der Waals surface area (Å²) in [7, 11) is 0. The van der Waals surface area contributed by atoms with Crippen molar-refractivity contribution >= 4 is 52.0 Å². The van der Waals surface area contributed by atoms with Crippen LogP contribution in [0, 0.1) is 0 Å². The lowest BCUT2D eigenvalue weighted by atomic mass is 10.0. The molecule has 0 saturated carbocycles. The first-order valence-corrected chi connectivity index (χ1v) is 9.28. The Kier molecular flexibility index (Phi) is 4.90. The molecule has 1 N–H and O–H groups in total. The number of carbonyl (C=O) groups is 2. The predicted octanol–water partition coefficient (Wildman–Crippen LogP) is 5.39. The minimum absolute atomic E-state index is 0.152. The molecule has 2 amide bonds. The van der Waals surface area contributed by atoms with E-state index >= 15 is 0 Å². The smallest absolute Gasteiger partial charge is 0.282 e. The Morgan fingerprint density at radius 2 is 1.36 bits per heavy atom. The van der Waals surface area contributed by atoms with Gasteiger partial charge in [0.15, 0.2) is 0 Å². The highest BCUT2D eigenvalue weighted by Gasteiger charge is 2.41. The maximum Gasteiger partial charge on any atom is 0.282 e. The van der Waals surface area contributed by atoms with Crippen molar-refractivity contribution in [2.45, 2.75) is 0 Å². The van der Waals surface area contributed by atoms with Gasteiger partial charge in [0.2, 0.25) is 0 Å². The summed E-state index contributed by atoms with van der Waals surface area (Å²) in [5, 5.41) is 3.52. The SMILES string of the molecule is O=C1C(Nc2ccccc2)=C(c2ccccc2)C(=O)N1c1cccc(Cl)c1Cl. The summed E-state index contributed by atoms with van der Waals surface area (Å²) in [5.41, 5.74) is 2.07. The van der Waals surface area contributed by atoms with Gasteiger partial charge in [-0.15, -0.1) is 0 Å². The van der Waals surface area contributed by atoms with Crippen molar-refractivity contribution in [3.05, 3.63) is 100 Å². The molecule has 1 heterocycles. The summed E-state index contributed by atoms with van der Waals surface area (Å²) in [4.78, 5) is 27.6. The molecule has 0 unspecified atom stereocenters. The van der Waals surface area contributed by atoms with E-state index in [0.717, 1.165) is 4.90 Å². The molecule has 0 bridgehead atoms. The van der Waals surface area contributed by atoms with Crippen LogP contribution in [0.25, 0.3) is 5.57 Å². The van der Waals surface area contributed by atoms with E-state index in [9.17, 15) is 9.59 Å². The minimum atomic E-state index is -0.489. The van der Waals surface area contributed by atoms with E-state index in [1.54, 1.807) is 30.3 Å². The summed E-state index contributed by atoms with van der Waals surface area (Å²) in [6, 6.07) is 23.1. The number of para-hydroxylation sites is 1. The van der Waals surface area contributed by atoms with Crippen LogP contribution >= 0.6 is 23.2 Å².